The summed E-state index contributed by atoms with van der Waals surface area (Å²) < 4.78 is 1.88. The summed E-state index contributed by atoms with van der Waals surface area (Å²) in [7, 11) is 0. The highest BCUT2D eigenvalue weighted by Crippen LogP contribution is 2.39. The zero-order chi connectivity index (χ0) is 20.5. The van der Waals surface area contributed by atoms with Crippen molar-refractivity contribution < 1.29 is 9.59 Å². The van der Waals surface area contributed by atoms with E-state index in [2.05, 4.69) is 35.8 Å². The molecule has 0 bridgehead atoms. The topological polar surface area (TPSA) is 76.0 Å². The Balaban J connectivity index is 1.69. The highest BCUT2D eigenvalue weighted by atomic mass is 16.2. The molecule has 0 aliphatic carbocycles. The van der Waals surface area contributed by atoms with Gasteiger partial charge >= 0.3 is 0 Å². The quantitative estimate of drug-likeness (QED) is 0.710. The van der Waals surface area contributed by atoms with Crippen molar-refractivity contribution >= 4 is 23.3 Å². The number of rotatable bonds is 4. The zero-order valence-electron chi connectivity index (χ0n) is 16.8. The van der Waals surface area contributed by atoms with Gasteiger partial charge in [-0.25, -0.2) is 4.68 Å². The van der Waals surface area contributed by atoms with Crippen LogP contribution in [0.3, 0.4) is 0 Å². The van der Waals surface area contributed by atoms with E-state index in [0.717, 1.165) is 33.9 Å². The Labute approximate surface area is 169 Å². The first-order valence-corrected chi connectivity index (χ1v) is 9.71. The van der Waals surface area contributed by atoms with Crippen LogP contribution < -0.4 is 10.6 Å². The summed E-state index contributed by atoms with van der Waals surface area (Å²) in [6.07, 6.45) is 0.378. The maximum absolute atomic E-state index is 12.5. The van der Waals surface area contributed by atoms with E-state index < -0.39 is 0 Å². The van der Waals surface area contributed by atoms with Crippen molar-refractivity contribution in [1.29, 1.82) is 0 Å². The lowest BCUT2D eigenvalue weighted by atomic mass is 9.85. The molecule has 0 spiro atoms. The maximum atomic E-state index is 12.5. The first-order chi connectivity index (χ1) is 13.9. The third-order valence-corrected chi connectivity index (χ3v) is 5.22. The van der Waals surface area contributed by atoms with Crippen LogP contribution in [0.25, 0.3) is 0 Å². The lowest BCUT2D eigenvalue weighted by molar-refractivity contribution is -0.117. The molecule has 1 atom stereocenters. The number of fused-ring (bicyclic) bond motifs is 1. The first-order valence-electron chi connectivity index (χ1n) is 9.71. The predicted octanol–water partition coefficient (Wildman–Crippen LogP) is 3.98. The lowest BCUT2D eigenvalue weighted by Crippen LogP contribution is -2.25. The molecule has 2 amide bonds. The maximum Gasteiger partial charge on any atom is 0.226 e. The van der Waals surface area contributed by atoms with E-state index in [-0.39, 0.29) is 17.7 Å². The minimum atomic E-state index is -0.106. The molecule has 2 N–H and O–H groups in total. The van der Waals surface area contributed by atoms with Gasteiger partial charge in [-0.1, -0.05) is 42.0 Å². The van der Waals surface area contributed by atoms with Gasteiger partial charge in [0.05, 0.1) is 12.2 Å². The van der Waals surface area contributed by atoms with Gasteiger partial charge in [0.1, 0.15) is 5.82 Å². The van der Waals surface area contributed by atoms with Crippen LogP contribution in [-0.2, 0) is 16.1 Å². The van der Waals surface area contributed by atoms with Gasteiger partial charge in [-0.15, -0.1) is 0 Å². The number of aryl methyl sites for hydroxylation is 2. The third-order valence-electron chi connectivity index (χ3n) is 5.22. The molecular formula is C23H24N4O2. The number of nitrogens with zero attached hydrogens (tertiary/aromatic N) is 2. The van der Waals surface area contributed by atoms with E-state index in [1.54, 1.807) is 0 Å². The molecule has 0 unspecified atom stereocenters. The Kier molecular flexibility index (Phi) is 4.92. The molecule has 0 saturated heterocycles. The van der Waals surface area contributed by atoms with E-state index in [1.165, 1.54) is 12.5 Å². The van der Waals surface area contributed by atoms with Gasteiger partial charge in [0, 0.05) is 30.5 Å². The Hall–Kier alpha value is -3.41. The van der Waals surface area contributed by atoms with Crippen molar-refractivity contribution in [3.63, 3.8) is 0 Å². The SMILES string of the molecule is CC(=O)Nc1ccc([C@@H]2CC(=O)Nc3c2c(C)nn3Cc2cccc(C)c2)cc1. The number of amides is 2. The van der Waals surface area contributed by atoms with Gasteiger partial charge in [-0.2, -0.15) is 5.10 Å². The summed E-state index contributed by atoms with van der Waals surface area (Å²) in [6.45, 7) is 6.14. The molecule has 2 heterocycles. The summed E-state index contributed by atoms with van der Waals surface area (Å²) in [5.41, 5.74) is 6.10. The molecule has 1 aliphatic rings. The van der Waals surface area contributed by atoms with Crippen molar-refractivity contribution in [3.8, 4) is 0 Å². The fourth-order valence-corrected chi connectivity index (χ4v) is 4.00. The number of benzene rings is 2. The van der Waals surface area contributed by atoms with Crippen LogP contribution in [0.4, 0.5) is 11.5 Å². The second kappa shape index (κ2) is 7.54. The number of hydrogen-bond acceptors (Lipinski definition) is 3. The molecule has 0 fully saturated rings. The highest BCUT2D eigenvalue weighted by molar-refractivity contribution is 5.94. The molecule has 148 valence electrons. The number of aromatic nitrogens is 2. The number of carbonyl (C=O) groups is 2. The standard InChI is InChI=1S/C23H24N4O2/c1-14-5-4-6-17(11-14)13-27-23-22(15(2)26-27)20(12-21(29)25-23)18-7-9-19(10-8-18)24-16(3)28/h4-11,20H,12-13H2,1-3H3,(H,24,28)(H,25,29)/t20-/m0/s1. The van der Waals surface area contributed by atoms with E-state index in [9.17, 15) is 9.59 Å². The van der Waals surface area contributed by atoms with Gasteiger partial charge in [0.25, 0.3) is 0 Å². The monoisotopic (exact) mass is 388 g/mol. The average Bonchev–Trinajstić information content (AvgIpc) is 2.96. The van der Waals surface area contributed by atoms with Crippen LogP contribution in [0.1, 0.15) is 47.2 Å². The van der Waals surface area contributed by atoms with Crippen molar-refractivity contribution in [2.75, 3.05) is 10.6 Å². The first kappa shape index (κ1) is 18.9. The van der Waals surface area contributed by atoms with Crippen LogP contribution in [0.5, 0.6) is 0 Å². The average molecular weight is 388 g/mol. The van der Waals surface area contributed by atoms with Crippen LogP contribution >= 0.6 is 0 Å². The van der Waals surface area contributed by atoms with Crippen LogP contribution in [0.15, 0.2) is 48.5 Å². The van der Waals surface area contributed by atoms with Crippen molar-refractivity contribution in [3.05, 3.63) is 76.5 Å². The zero-order valence-corrected chi connectivity index (χ0v) is 16.8. The predicted molar refractivity (Wildman–Crippen MR) is 113 cm³/mol. The van der Waals surface area contributed by atoms with E-state index in [1.807, 2.05) is 41.9 Å². The Bertz CT molecular complexity index is 1080. The Morgan fingerprint density at radius 1 is 1.21 bits per heavy atom. The summed E-state index contributed by atoms with van der Waals surface area (Å²) in [5.74, 6) is 0.594. The molecule has 2 aromatic carbocycles. The van der Waals surface area contributed by atoms with Gasteiger partial charge in [0.2, 0.25) is 11.8 Å². The Morgan fingerprint density at radius 2 is 1.97 bits per heavy atom. The summed E-state index contributed by atoms with van der Waals surface area (Å²) >= 11 is 0. The fraction of sp³-hybridized carbons (Fsp3) is 0.261. The van der Waals surface area contributed by atoms with E-state index >= 15 is 0 Å². The van der Waals surface area contributed by atoms with Gasteiger partial charge in [-0.3, -0.25) is 9.59 Å². The van der Waals surface area contributed by atoms with Crippen molar-refractivity contribution in [1.82, 2.24) is 9.78 Å². The molecule has 3 aromatic rings. The molecule has 4 rings (SSSR count). The van der Waals surface area contributed by atoms with Gasteiger partial charge in [-0.05, 0) is 37.1 Å². The summed E-state index contributed by atoms with van der Waals surface area (Å²) in [5, 5.41) is 10.5. The van der Waals surface area contributed by atoms with E-state index in [0.29, 0.717) is 13.0 Å². The molecule has 1 aromatic heterocycles. The molecule has 0 saturated carbocycles. The minimum Gasteiger partial charge on any atom is -0.326 e. The number of hydrogen-bond donors (Lipinski definition) is 2. The molecule has 1 aliphatic heterocycles. The van der Waals surface area contributed by atoms with E-state index in [4.69, 9.17) is 5.10 Å². The van der Waals surface area contributed by atoms with Crippen molar-refractivity contribution in [2.45, 2.75) is 39.7 Å². The van der Waals surface area contributed by atoms with Crippen molar-refractivity contribution in [2.24, 2.45) is 0 Å². The minimum absolute atomic E-state index is 0.0150. The molecule has 0 radical (unpaired) electrons. The molecule has 6 heteroatoms. The van der Waals surface area contributed by atoms with Crippen LogP contribution in [-0.4, -0.2) is 21.6 Å². The summed E-state index contributed by atoms with van der Waals surface area (Å²) in [6, 6.07) is 16.0. The highest BCUT2D eigenvalue weighted by Gasteiger charge is 2.32. The van der Waals surface area contributed by atoms with Crippen LogP contribution in [0.2, 0.25) is 0 Å². The Morgan fingerprint density at radius 3 is 2.66 bits per heavy atom. The lowest BCUT2D eigenvalue weighted by Gasteiger charge is -2.24. The molecule has 29 heavy (non-hydrogen) atoms. The second-order valence-electron chi connectivity index (χ2n) is 7.60. The second-order valence-corrected chi connectivity index (χ2v) is 7.60. The number of anilines is 2. The summed E-state index contributed by atoms with van der Waals surface area (Å²) in [4.78, 5) is 23.7. The van der Waals surface area contributed by atoms with Crippen LogP contribution in [0, 0.1) is 13.8 Å². The number of carbonyl (C=O) groups excluding carboxylic acids is 2. The largest absolute Gasteiger partial charge is 0.326 e. The third kappa shape index (κ3) is 3.92. The van der Waals surface area contributed by atoms with Gasteiger partial charge in [0.15, 0.2) is 0 Å². The smallest absolute Gasteiger partial charge is 0.226 e. The molecular weight excluding hydrogens is 364 g/mol. The fourth-order valence-electron chi connectivity index (χ4n) is 4.00. The van der Waals surface area contributed by atoms with Gasteiger partial charge < -0.3 is 10.6 Å². The normalized spacial score (nSPS) is 15.6. The number of nitrogens with one attached hydrogen (secondary N) is 2. The molecule has 6 nitrogen and oxygen atoms in total.